The summed E-state index contributed by atoms with van der Waals surface area (Å²) in [5, 5.41) is 3.27. The minimum atomic E-state index is -4.10. The van der Waals surface area contributed by atoms with Crippen molar-refractivity contribution in [3.8, 4) is 0 Å². The highest BCUT2D eigenvalue weighted by atomic mass is 32.2. The molecule has 2 aliphatic heterocycles. The van der Waals surface area contributed by atoms with E-state index >= 15 is 0 Å². The number of aryl methyl sites for hydroxylation is 1. The van der Waals surface area contributed by atoms with Gasteiger partial charge in [-0.05, 0) is 50.8 Å². The van der Waals surface area contributed by atoms with Crippen LogP contribution < -0.4 is 10.6 Å². The van der Waals surface area contributed by atoms with Gasteiger partial charge in [-0.2, -0.15) is 0 Å². The summed E-state index contributed by atoms with van der Waals surface area (Å²) in [4.78, 5) is 39.8. The molecule has 156 valence electrons. The lowest BCUT2D eigenvalue weighted by Crippen LogP contribution is -2.56. The van der Waals surface area contributed by atoms with E-state index in [1.807, 2.05) is 31.3 Å². The molecule has 4 amide bonds. The summed E-state index contributed by atoms with van der Waals surface area (Å²) in [7, 11) is -4.10. The number of piperidine rings is 1. The number of imide groups is 1. The van der Waals surface area contributed by atoms with Crippen molar-refractivity contribution >= 4 is 39.3 Å². The van der Waals surface area contributed by atoms with Crippen LogP contribution in [0.3, 0.4) is 0 Å². The summed E-state index contributed by atoms with van der Waals surface area (Å²) < 4.78 is 27.2. The number of hydrogen-bond acceptors (Lipinski definition) is 5. The van der Waals surface area contributed by atoms with Gasteiger partial charge < -0.3 is 5.32 Å². The molecule has 1 fully saturated rings. The van der Waals surface area contributed by atoms with Crippen LogP contribution in [0.1, 0.15) is 30.9 Å². The number of sulfonamides is 1. The van der Waals surface area contributed by atoms with E-state index < -0.39 is 33.1 Å². The summed E-state index contributed by atoms with van der Waals surface area (Å²) in [6.45, 7) is 5.38. The Balaban J connectivity index is 1.77. The molecule has 1 aromatic rings. The second-order valence-electron chi connectivity index (χ2n) is 7.41. The highest BCUT2D eigenvalue weighted by Crippen LogP contribution is 2.25. The van der Waals surface area contributed by atoms with Gasteiger partial charge in [-0.15, -0.1) is 0 Å². The second-order valence-corrected chi connectivity index (χ2v) is 9.42. The third-order valence-corrected chi connectivity index (χ3v) is 7.60. The van der Waals surface area contributed by atoms with Crippen LogP contribution >= 0.6 is 0 Å². The van der Waals surface area contributed by atoms with Crippen molar-refractivity contribution < 1.29 is 22.8 Å². The van der Waals surface area contributed by atoms with E-state index in [-0.39, 0.29) is 24.7 Å². The van der Waals surface area contributed by atoms with Gasteiger partial charge in [-0.3, -0.25) is 14.9 Å². The summed E-state index contributed by atoms with van der Waals surface area (Å²) in [5.41, 5.74) is 2.63. The van der Waals surface area contributed by atoms with E-state index in [1.165, 1.54) is 6.92 Å². The predicted molar refractivity (Wildman–Crippen MR) is 108 cm³/mol. The second kappa shape index (κ2) is 8.03. The van der Waals surface area contributed by atoms with E-state index in [9.17, 15) is 22.8 Å². The molecule has 29 heavy (non-hydrogen) atoms. The zero-order valence-corrected chi connectivity index (χ0v) is 17.4. The summed E-state index contributed by atoms with van der Waals surface area (Å²) in [6, 6.07) is 4.73. The molecule has 0 bridgehead atoms. The van der Waals surface area contributed by atoms with Crippen molar-refractivity contribution in [2.24, 2.45) is 10.9 Å². The van der Waals surface area contributed by atoms with Crippen LogP contribution in [0, 0.1) is 19.8 Å². The van der Waals surface area contributed by atoms with Crippen LogP contribution in [0.25, 0.3) is 0 Å². The lowest BCUT2D eigenvalue weighted by atomic mass is 9.98. The Morgan fingerprint density at radius 1 is 1.24 bits per heavy atom. The number of aliphatic imine (C=N–C) groups is 1. The Morgan fingerprint density at radius 3 is 2.66 bits per heavy atom. The van der Waals surface area contributed by atoms with Crippen LogP contribution in [-0.4, -0.2) is 54.6 Å². The number of hydrogen-bond donors (Lipinski definition) is 2. The third-order valence-electron chi connectivity index (χ3n) is 5.40. The highest BCUT2D eigenvalue weighted by Gasteiger charge is 2.44. The molecule has 2 unspecified atom stereocenters. The van der Waals surface area contributed by atoms with E-state index in [0.29, 0.717) is 18.5 Å². The maximum Gasteiger partial charge on any atom is 0.347 e. The van der Waals surface area contributed by atoms with Crippen molar-refractivity contribution in [1.82, 2.24) is 9.62 Å². The van der Waals surface area contributed by atoms with Crippen molar-refractivity contribution in [2.75, 3.05) is 18.4 Å². The molecule has 10 heteroatoms. The third kappa shape index (κ3) is 4.23. The number of carbonyl (C=O) groups is 3. The minimum Gasteiger partial charge on any atom is -0.326 e. The fourth-order valence-corrected chi connectivity index (χ4v) is 5.50. The smallest absolute Gasteiger partial charge is 0.326 e. The van der Waals surface area contributed by atoms with Gasteiger partial charge in [0.2, 0.25) is 15.9 Å². The standard InChI is InChI=1S/C19H24N4O5S/c1-11-6-4-8-15(12(11)2)21-17(24)14-7-5-9-23(10-14)29(27,28)16-13(3)20-19(26)22-18(16)25/h4,6,8,14,16H,5,7,9-10H2,1-3H3,(H,21,24)(H,22,25,26). The first-order valence-electron chi connectivity index (χ1n) is 9.37. The number of benzene rings is 1. The Kier molecular flexibility index (Phi) is 5.85. The molecule has 1 saturated heterocycles. The first kappa shape index (κ1) is 21.1. The summed E-state index contributed by atoms with van der Waals surface area (Å²) >= 11 is 0. The lowest BCUT2D eigenvalue weighted by Gasteiger charge is -2.34. The monoisotopic (exact) mass is 420 g/mol. The normalized spacial score (nSPS) is 23.3. The van der Waals surface area contributed by atoms with Gasteiger partial charge in [-0.25, -0.2) is 22.5 Å². The number of urea groups is 1. The number of nitrogens with zero attached hydrogens (tertiary/aromatic N) is 2. The molecule has 0 saturated carbocycles. The zero-order chi connectivity index (χ0) is 21.3. The van der Waals surface area contributed by atoms with Gasteiger partial charge in [-0.1, -0.05) is 12.1 Å². The molecule has 0 aromatic heterocycles. The Morgan fingerprint density at radius 2 is 1.97 bits per heavy atom. The first-order valence-corrected chi connectivity index (χ1v) is 10.9. The molecule has 2 atom stereocenters. The zero-order valence-electron chi connectivity index (χ0n) is 16.6. The Hall–Kier alpha value is -2.59. The van der Waals surface area contributed by atoms with E-state index in [0.717, 1.165) is 15.4 Å². The van der Waals surface area contributed by atoms with Crippen LogP contribution in [-0.2, 0) is 19.6 Å². The molecule has 2 heterocycles. The van der Waals surface area contributed by atoms with Crippen LogP contribution in [0.15, 0.2) is 23.2 Å². The highest BCUT2D eigenvalue weighted by molar-refractivity contribution is 7.91. The fourth-order valence-electron chi connectivity index (χ4n) is 3.62. The van der Waals surface area contributed by atoms with Crippen LogP contribution in [0.5, 0.6) is 0 Å². The Bertz CT molecular complexity index is 1000. The molecule has 3 rings (SSSR count). The van der Waals surface area contributed by atoms with E-state index in [4.69, 9.17) is 0 Å². The molecule has 1 aromatic carbocycles. The van der Waals surface area contributed by atoms with Gasteiger partial charge >= 0.3 is 6.03 Å². The van der Waals surface area contributed by atoms with Gasteiger partial charge in [0, 0.05) is 24.5 Å². The number of rotatable bonds is 4. The maximum atomic E-state index is 13.0. The maximum absolute atomic E-state index is 13.0. The number of nitrogens with one attached hydrogen (secondary N) is 2. The fraction of sp³-hybridized carbons (Fsp3) is 0.474. The average Bonchev–Trinajstić information content (AvgIpc) is 2.64. The van der Waals surface area contributed by atoms with E-state index in [2.05, 4.69) is 10.3 Å². The number of anilines is 1. The molecule has 0 spiro atoms. The van der Waals surface area contributed by atoms with Gasteiger partial charge in [0.1, 0.15) is 0 Å². The molecule has 2 aliphatic rings. The van der Waals surface area contributed by atoms with Crippen molar-refractivity contribution in [3.05, 3.63) is 29.3 Å². The lowest BCUT2D eigenvalue weighted by molar-refractivity contribution is -0.121. The molecule has 9 nitrogen and oxygen atoms in total. The molecule has 0 radical (unpaired) electrons. The SMILES string of the molecule is CC1=NC(=O)NC(=O)C1S(=O)(=O)N1CCCC(C(=O)Nc2cccc(C)c2C)C1. The topological polar surface area (TPSA) is 125 Å². The molecular weight excluding hydrogens is 396 g/mol. The summed E-state index contributed by atoms with van der Waals surface area (Å²) in [5.74, 6) is -1.71. The average molecular weight is 420 g/mol. The first-order chi connectivity index (χ1) is 13.6. The van der Waals surface area contributed by atoms with Crippen LogP contribution in [0.2, 0.25) is 0 Å². The van der Waals surface area contributed by atoms with Crippen molar-refractivity contribution in [1.29, 1.82) is 0 Å². The van der Waals surface area contributed by atoms with Gasteiger partial charge in [0.15, 0.2) is 5.25 Å². The van der Waals surface area contributed by atoms with E-state index in [1.54, 1.807) is 6.07 Å². The van der Waals surface area contributed by atoms with Crippen LogP contribution in [0.4, 0.5) is 10.5 Å². The largest absolute Gasteiger partial charge is 0.347 e. The predicted octanol–water partition coefficient (Wildman–Crippen LogP) is 1.36. The minimum absolute atomic E-state index is 0.0238. The molecule has 2 N–H and O–H groups in total. The van der Waals surface area contributed by atoms with Crippen molar-refractivity contribution in [2.45, 2.75) is 38.9 Å². The Labute approximate surface area is 169 Å². The number of carbonyl (C=O) groups excluding carboxylic acids is 3. The summed E-state index contributed by atoms with van der Waals surface area (Å²) in [6.07, 6.45) is 1.04. The quantitative estimate of drug-likeness (QED) is 0.761. The van der Waals surface area contributed by atoms with Gasteiger partial charge in [0.05, 0.1) is 5.92 Å². The molecular formula is C19H24N4O5S. The molecule has 0 aliphatic carbocycles. The van der Waals surface area contributed by atoms with Gasteiger partial charge in [0.25, 0.3) is 5.91 Å². The van der Waals surface area contributed by atoms with Crippen molar-refractivity contribution in [3.63, 3.8) is 0 Å². The number of amides is 4.